The van der Waals surface area contributed by atoms with E-state index >= 15 is 0 Å². The van der Waals surface area contributed by atoms with Crippen molar-refractivity contribution < 1.29 is 23.9 Å². The van der Waals surface area contributed by atoms with Crippen LogP contribution >= 0.6 is 0 Å². The number of hydrogen-bond acceptors (Lipinski definition) is 6. The summed E-state index contributed by atoms with van der Waals surface area (Å²) in [5.41, 5.74) is 2.25. The van der Waals surface area contributed by atoms with E-state index in [1.54, 1.807) is 54.3 Å². The Balaban J connectivity index is 1.57. The van der Waals surface area contributed by atoms with Crippen LogP contribution in [0.2, 0.25) is 0 Å². The van der Waals surface area contributed by atoms with Crippen LogP contribution in [-0.2, 0) is 16.6 Å². The van der Waals surface area contributed by atoms with Crippen LogP contribution in [0.5, 0.6) is 11.5 Å². The number of ketones is 1. The number of anilines is 1. The molecule has 2 heterocycles. The molecule has 2 atom stereocenters. The minimum absolute atomic E-state index is 0.000855. The van der Waals surface area contributed by atoms with Gasteiger partial charge in [-0.3, -0.25) is 24.0 Å². The molecule has 1 aliphatic carbocycles. The number of amides is 2. The molecule has 2 aliphatic rings. The molecule has 5 rings (SSSR count). The number of fused-ring (bicyclic) bond motifs is 1. The molecule has 2 aromatic carbocycles. The highest BCUT2D eigenvalue weighted by molar-refractivity contribution is 6.04. The Bertz CT molecular complexity index is 1360. The van der Waals surface area contributed by atoms with Gasteiger partial charge >= 0.3 is 0 Å². The first-order valence-corrected chi connectivity index (χ1v) is 13.4. The van der Waals surface area contributed by atoms with Gasteiger partial charge in [-0.2, -0.15) is 5.10 Å². The van der Waals surface area contributed by atoms with E-state index in [4.69, 9.17) is 9.47 Å². The van der Waals surface area contributed by atoms with E-state index in [1.165, 1.54) is 11.8 Å². The smallest absolute Gasteiger partial charge is 0.272 e. The lowest BCUT2D eigenvalue weighted by molar-refractivity contribution is -0.132. The molecule has 1 aromatic heterocycles. The van der Waals surface area contributed by atoms with Crippen LogP contribution in [0, 0.1) is 6.92 Å². The van der Waals surface area contributed by atoms with E-state index in [2.05, 4.69) is 10.4 Å². The highest BCUT2D eigenvalue weighted by Gasteiger charge is 2.41. The Labute approximate surface area is 228 Å². The largest absolute Gasteiger partial charge is 0.485 e. The average Bonchev–Trinajstić information content (AvgIpc) is 3.28. The van der Waals surface area contributed by atoms with Crippen LogP contribution in [0.3, 0.4) is 0 Å². The number of rotatable bonds is 7. The number of aromatic nitrogens is 2. The number of nitrogens with zero attached hydrogens (tertiary/aromatic N) is 3. The third-order valence-electron chi connectivity index (χ3n) is 7.38. The number of ether oxygens (including phenoxy) is 2. The quantitative estimate of drug-likeness (QED) is 0.457. The van der Waals surface area contributed by atoms with Gasteiger partial charge < -0.3 is 14.8 Å². The normalized spacial score (nSPS) is 17.8. The number of Topliss-reactive ketones (excluding diaryl/α,β-unsaturated/α-hetero) is 1. The summed E-state index contributed by atoms with van der Waals surface area (Å²) in [6, 6.07) is 12.9. The van der Waals surface area contributed by atoms with E-state index in [1.807, 2.05) is 19.1 Å². The van der Waals surface area contributed by atoms with Gasteiger partial charge in [0, 0.05) is 36.1 Å². The fourth-order valence-corrected chi connectivity index (χ4v) is 5.37. The first-order valence-electron chi connectivity index (χ1n) is 13.4. The summed E-state index contributed by atoms with van der Waals surface area (Å²) in [4.78, 5) is 41.8. The highest BCUT2D eigenvalue weighted by Crippen LogP contribution is 2.35. The van der Waals surface area contributed by atoms with Crippen molar-refractivity contribution in [3.05, 3.63) is 71.5 Å². The van der Waals surface area contributed by atoms with E-state index in [0.717, 1.165) is 32.1 Å². The molecule has 0 spiro atoms. The summed E-state index contributed by atoms with van der Waals surface area (Å²) in [6.45, 7) is 3.32. The molecule has 9 heteroatoms. The number of para-hydroxylation sites is 2. The molecule has 3 aromatic rings. The Morgan fingerprint density at radius 2 is 1.72 bits per heavy atom. The monoisotopic (exact) mass is 530 g/mol. The van der Waals surface area contributed by atoms with Crippen LogP contribution in [-0.4, -0.2) is 46.1 Å². The maximum absolute atomic E-state index is 14.3. The van der Waals surface area contributed by atoms with E-state index in [0.29, 0.717) is 34.0 Å². The molecule has 204 valence electrons. The van der Waals surface area contributed by atoms with E-state index in [-0.39, 0.29) is 24.3 Å². The summed E-state index contributed by atoms with van der Waals surface area (Å²) in [5.74, 6) is 0.240. The molecular weight excluding hydrogens is 496 g/mol. The van der Waals surface area contributed by atoms with Gasteiger partial charge in [0.05, 0.1) is 5.69 Å². The lowest BCUT2D eigenvalue weighted by atomic mass is 9.94. The number of aryl methyl sites for hydroxylation is 2. The SMILES string of the molecule is CC(=O)c1ccc(N(C(=O)[C@H]2COc3ccccc3O2)[C@@H](C(=O)NC2CCCCC2)c2cn(C)nc2C)cc1. The summed E-state index contributed by atoms with van der Waals surface area (Å²) >= 11 is 0. The van der Waals surface area contributed by atoms with Gasteiger partial charge in [-0.05, 0) is 63.1 Å². The third kappa shape index (κ3) is 5.67. The van der Waals surface area contributed by atoms with Gasteiger partial charge in [-0.25, -0.2) is 0 Å². The molecule has 0 radical (unpaired) electrons. The molecular formula is C30H34N4O5. The standard InChI is InChI=1S/C30H34N4O5/c1-19-24(17-33(3)32-19)28(29(36)31-22-9-5-4-6-10-22)34(23-15-13-21(14-16-23)20(2)35)30(37)27-18-38-25-11-7-8-12-26(25)39-27/h7-8,11-17,22,27-28H,4-6,9-10,18H2,1-3H3,(H,31,36)/t27-,28-/m1/s1. The average molecular weight is 531 g/mol. The molecule has 9 nitrogen and oxygen atoms in total. The Morgan fingerprint density at radius 1 is 1.03 bits per heavy atom. The van der Waals surface area contributed by atoms with Crippen molar-refractivity contribution >= 4 is 23.3 Å². The Hall–Kier alpha value is -4.14. The Kier molecular flexibility index (Phi) is 7.67. The van der Waals surface area contributed by atoms with Crippen molar-refractivity contribution in [2.75, 3.05) is 11.5 Å². The van der Waals surface area contributed by atoms with E-state index in [9.17, 15) is 14.4 Å². The van der Waals surface area contributed by atoms with Crippen molar-refractivity contribution in [3.63, 3.8) is 0 Å². The molecule has 2 amide bonds. The predicted molar refractivity (Wildman–Crippen MR) is 146 cm³/mol. The Morgan fingerprint density at radius 3 is 2.36 bits per heavy atom. The van der Waals surface area contributed by atoms with Crippen molar-refractivity contribution in [2.45, 2.75) is 64.1 Å². The van der Waals surface area contributed by atoms with Crippen molar-refractivity contribution in [3.8, 4) is 11.5 Å². The second-order valence-corrected chi connectivity index (χ2v) is 10.3. The van der Waals surface area contributed by atoms with Crippen LogP contribution < -0.4 is 19.7 Å². The summed E-state index contributed by atoms with van der Waals surface area (Å²) in [6.07, 6.45) is 5.88. The second kappa shape index (κ2) is 11.3. The van der Waals surface area contributed by atoms with Crippen molar-refractivity contribution in [1.29, 1.82) is 0 Å². The zero-order valence-corrected chi connectivity index (χ0v) is 22.6. The molecule has 1 fully saturated rings. The van der Waals surface area contributed by atoms with Gasteiger partial charge in [0.2, 0.25) is 12.0 Å². The fourth-order valence-electron chi connectivity index (χ4n) is 5.37. The topological polar surface area (TPSA) is 103 Å². The van der Waals surface area contributed by atoms with Gasteiger partial charge in [-0.15, -0.1) is 0 Å². The zero-order valence-electron chi connectivity index (χ0n) is 22.6. The first-order chi connectivity index (χ1) is 18.8. The van der Waals surface area contributed by atoms with Crippen LogP contribution in [0.25, 0.3) is 0 Å². The van der Waals surface area contributed by atoms with E-state index < -0.39 is 18.1 Å². The van der Waals surface area contributed by atoms with Crippen LogP contribution in [0.1, 0.15) is 66.7 Å². The summed E-state index contributed by atoms with van der Waals surface area (Å²) in [7, 11) is 1.79. The number of carbonyl (C=O) groups excluding carboxylic acids is 3. The molecule has 1 aliphatic heterocycles. The van der Waals surface area contributed by atoms with Gasteiger partial charge in [-0.1, -0.05) is 31.4 Å². The lowest BCUT2D eigenvalue weighted by Gasteiger charge is -2.36. The minimum Gasteiger partial charge on any atom is -0.485 e. The highest BCUT2D eigenvalue weighted by atomic mass is 16.6. The van der Waals surface area contributed by atoms with Crippen molar-refractivity contribution in [2.24, 2.45) is 7.05 Å². The van der Waals surface area contributed by atoms with Crippen molar-refractivity contribution in [1.82, 2.24) is 15.1 Å². The number of benzene rings is 2. The number of nitrogens with one attached hydrogen (secondary N) is 1. The molecule has 1 saturated carbocycles. The third-order valence-corrected chi connectivity index (χ3v) is 7.38. The van der Waals surface area contributed by atoms with Gasteiger partial charge in [0.25, 0.3) is 5.91 Å². The molecule has 1 N–H and O–H groups in total. The lowest BCUT2D eigenvalue weighted by Crippen LogP contribution is -2.52. The fraction of sp³-hybridized carbons (Fsp3) is 0.400. The molecule has 0 unspecified atom stereocenters. The summed E-state index contributed by atoms with van der Waals surface area (Å²) in [5, 5.41) is 7.69. The van der Waals surface area contributed by atoms with Gasteiger partial charge in [0.1, 0.15) is 12.6 Å². The maximum Gasteiger partial charge on any atom is 0.272 e. The predicted octanol–water partition coefficient (Wildman–Crippen LogP) is 4.29. The number of carbonyl (C=O) groups is 3. The molecule has 39 heavy (non-hydrogen) atoms. The molecule has 0 saturated heterocycles. The molecule has 0 bridgehead atoms. The van der Waals surface area contributed by atoms with Crippen LogP contribution in [0.15, 0.2) is 54.7 Å². The summed E-state index contributed by atoms with van der Waals surface area (Å²) < 4.78 is 13.6. The number of hydrogen-bond donors (Lipinski definition) is 1. The van der Waals surface area contributed by atoms with Crippen LogP contribution in [0.4, 0.5) is 5.69 Å². The maximum atomic E-state index is 14.3. The van der Waals surface area contributed by atoms with Gasteiger partial charge in [0.15, 0.2) is 17.3 Å². The first kappa shape index (κ1) is 26.5. The zero-order chi connectivity index (χ0) is 27.5. The minimum atomic E-state index is -1.00. The second-order valence-electron chi connectivity index (χ2n) is 10.3.